The summed E-state index contributed by atoms with van der Waals surface area (Å²) in [4.78, 5) is 0. The van der Waals surface area contributed by atoms with Gasteiger partial charge in [-0.2, -0.15) is 5.10 Å². The molecule has 0 amide bonds. The van der Waals surface area contributed by atoms with Crippen LogP contribution in [0, 0.1) is 0 Å². The first kappa shape index (κ1) is 12.8. The average molecular weight is 218 g/mol. The van der Waals surface area contributed by atoms with Gasteiger partial charge in [0.1, 0.15) is 0 Å². The molecule has 0 unspecified atom stereocenters. The lowest BCUT2D eigenvalue weighted by molar-refractivity contribution is 0.344. The third-order valence-corrected chi connectivity index (χ3v) is 2.54. The summed E-state index contributed by atoms with van der Waals surface area (Å²) in [6.45, 7) is 3.28. The largest absolute Gasteiger partial charge is 0.300 e. The number of nitrogens with zero attached hydrogens (tertiary/aromatic N) is 2. The minimum atomic E-state index is 1.04. The van der Waals surface area contributed by atoms with Crippen molar-refractivity contribution in [2.45, 2.75) is 32.6 Å². The smallest absolute Gasteiger partial charge is 0.0542 e. The minimum absolute atomic E-state index is 1.04. The van der Waals surface area contributed by atoms with Crippen molar-refractivity contribution in [1.82, 2.24) is 5.01 Å². The Morgan fingerprint density at radius 2 is 1.88 bits per heavy atom. The summed E-state index contributed by atoms with van der Waals surface area (Å²) in [5, 5.41) is 6.42. The topological polar surface area (TPSA) is 15.6 Å². The number of hydrazone groups is 1. The Kier molecular flexibility index (Phi) is 6.31. The third-order valence-electron chi connectivity index (χ3n) is 2.54. The maximum atomic E-state index is 4.40. The molecule has 16 heavy (non-hydrogen) atoms. The molecule has 1 aromatic carbocycles. The van der Waals surface area contributed by atoms with Gasteiger partial charge in [0.2, 0.25) is 0 Å². The van der Waals surface area contributed by atoms with E-state index in [2.05, 4.69) is 24.2 Å². The summed E-state index contributed by atoms with van der Waals surface area (Å²) in [7, 11) is 2.03. The molecule has 0 aliphatic heterocycles. The van der Waals surface area contributed by atoms with Gasteiger partial charge in [-0.25, -0.2) is 0 Å². The van der Waals surface area contributed by atoms with Crippen LogP contribution in [0.3, 0.4) is 0 Å². The Bertz CT molecular complexity index is 293. The fourth-order valence-corrected chi connectivity index (χ4v) is 1.53. The van der Waals surface area contributed by atoms with Gasteiger partial charge in [0.25, 0.3) is 0 Å². The van der Waals surface area contributed by atoms with E-state index in [1.165, 1.54) is 25.7 Å². The Hall–Kier alpha value is -1.31. The van der Waals surface area contributed by atoms with Crippen molar-refractivity contribution >= 4 is 6.21 Å². The number of hydrogen-bond acceptors (Lipinski definition) is 2. The summed E-state index contributed by atoms with van der Waals surface area (Å²) in [6.07, 6.45) is 7.07. The van der Waals surface area contributed by atoms with E-state index in [1.54, 1.807) is 0 Å². The summed E-state index contributed by atoms with van der Waals surface area (Å²) >= 11 is 0. The first-order valence-electron chi connectivity index (χ1n) is 6.13. The second-order valence-electron chi connectivity index (χ2n) is 4.10. The maximum Gasteiger partial charge on any atom is 0.0542 e. The van der Waals surface area contributed by atoms with Gasteiger partial charge in [-0.05, 0) is 12.0 Å². The second kappa shape index (κ2) is 7.91. The van der Waals surface area contributed by atoms with E-state index < -0.39 is 0 Å². The van der Waals surface area contributed by atoms with Crippen LogP contribution < -0.4 is 0 Å². The van der Waals surface area contributed by atoms with E-state index in [9.17, 15) is 0 Å². The third kappa shape index (κ3) is 5.54. The van der Waals surface area contributed by atoms with Gasteiger partial charge in [-0.1, -0.05) is 56.5 Å². The highest BCUT2D eigenvalue weighted by molar-refractivity contribution is 5.79. The van der Waals surface area contributed by atoms with E-state index in [4.69, 9.17) is 0 Å². The lowest BCUT2D eigenvalue weighted by atomic mass is 10.2. The maximum absolute atomic E-state index is 4.40. The molecule has 0 N–H and O–H groups in total. The molecular weight excluding hydrogens is 196 g/mol. The Labute approximate surface area is 99.0 Å². The van der Waals surface area contributed by atoms with Crippen LogP contribution >= 0.6 is 0 Å². The van der Waals surface area contributed by atoms with Crippen molar-refractivity contribution in [3.05, 3.63) is 35.9 Å². The van der Waals surface area contributed by atoms with Crippen molar-refractivity contribution < 1.29 is 0 Å². The molecule has 0 atom stereocenters. The molecule has 0 aliphatic rings. The zero-order valence-electron chi connectivity index (χ0n) is 10.4. The van der Waals surface area contributed by atoms with Gasteiger partial charge in [0.05, 0.1) is 6.21 Å². The van der Waals surface area contributed by atoms with Crippen LogP contribution in [-0.2, 0) is 0 Å². The molecule has 0 aliphatic carbocycles. The SMILES string of the molecule is CCCCCCN(C)/N=C/c1ccccc1. The molecule has 0 aromatic heterocycles. The number of rotatable bonds is 7. The van der Waals surface area contributed by atoms with Crippen LogP contribution in [-0.4, -0.2) is 24.8 Å². The normalized spacial score (nSPS) is 10.9. The minimum Gasteiger partial charge on any atom is -0.300 e. The molecule has 0 heterocycles. The fourth-order valence-electron chi connectivity index (χ4n) is 1.53. The van der Waals surface area contributed by atoms with Gasteiger partial charge in [0.15, 0.2) is 0 Å². The standard InChI is InChI=1S/C14H22N2/c1-3-4-5-9-12-16(2)15-13-14-10-7-6-8-11-14/h6-8,10-11,13H,3-5,9,12H2,1-2H3/b15-13+. The van der Waals surface area contributed by atoms with Gasteiger partial charge in [-0.15, -0.1) is 0 Å². The fraction of sp³-hybridized carbons (Fsp3) is 0.500. The predicted octanol–water partition coefficient (Wildman–Crippen LogP) is 3.53. The van der Waals surface area contributed by atoms with Crippen LogP contribution in [0.4, 0.5) is 0 Å². The Balaban J connectivity index is 2.23. The van der Waals surface area contributed by atoms with Gasteiger partial charge < -0.3 is 5.01 Å². The van der Waals surface area contributed by atoms with Crippen molar-refractivity contribution in [3.63, 3.8) is 0 Å². The molecule has 1 rings (SSSR count). The molecule has 0 saturated heterocycles. The number of benzene rings is 1. The van der Waals surface area contributed by atoms with Crippen LogP contribution in [0.15, 0.2) is 35.4 Å². The molecule has 0 fully saturated rings. The van der Waals surface area contributed by atoms with E-state index in [-0.39, 0.29) is 0 Å². The van der Waals surface area contributed by atoms with Crippen molar-refractivity contribution in [2.24, 2.45) is 5.10 Å². The molecule has 1 aromatic rings. The van der Waals surface area contributed by atoms with Crippen molar-refractivity contribution in [1.29, 1.82) is 0 Å². The molecule has 0 saturated carbocycles. The molecule has 0 radical (unpaired) electrons. The summed E-state index contributed by atoms with van der Waals surface area (Å²) in [5.41, 5.74) is 1.16. The van der Waals surface area contributed by atoms with E-state index >= 15 is 0 Å². The Morgan fingerprint density at radius 1 is 1.12 bits per heavy atom. The van der Waals surface area contributed by atoms with Crippen molar-refractivity contribution in [3.8, 4) is 0 Å². The molecule has 2 heteroatoms. The number of unbranched alkanes of at least 4 members (excludes halogenated alkanes) is 3. The second-order valence-corrected chi connectivity index (χ2v) is 4.10. The highest BCUT2D eigenvalue weighted by atomic mass is 15.4. The first-order valence-corrected chi connectivity index (χ1v) is 6.13. The lowest BCUT2D eigenvalue weighted by Gasteiger charge is -2.11. The Morgan fingerprint density at radius 3 is 2.56 bits per heavy atom. The highest BCUT2D eigenvalue weighted by Gasteiger charge is 1.92. The average Bonchev–Trinajstić information content (AvgIpc) is 2.33. The summed E-state index contributed by atoms with van der Waals surface area (Å²) < 4.78 is 0. The summed E-state index contributed by atoms with van der Waals surface area (Å²) in [5.74, 6) is 0. The first-order chi connectivity index (χ1) is 7.83. The van der Waals surface area contributed by atoms with Gasteiger partial charge >= 0.3 is 0 Å². The quantitative estimate of drug-likeness (QED) is 0.388. The van der Waals surface area contributed by atoms with E-state index in [0.29, 0.717) is 0 Å². The zero-order chi connectivity index (χ0) is 11.6. The van der Waals surface area contributed by atoms with E-state index in [0.717, 1.165) is 12.1 Å². The van der Waals surface area contributed by atoms with Gasteiger partial charge in [-0.3, -0.25) is 0 Å². The van der Waals surface area contributed by atoms with Crippen LogP contribution in [0.5, 0.6) is 0 Å². The summed E-state index contributed by atoms with van der Waals surface area (Å²) in [6, 6.07) is 10.2. The lowest BCUT2D eigenvalue weighted by Crippen LogP contribution is -2.12. The monoisotopic (exact) mass is 218 g/mol. The number of hydrogen-bond donors (Lipinski definition) is 0. The van der Waals surface area contributed by atoms with Crippen LogP contribution in [0.1, 0.15) is 38.2 Å². The van der Waals surface area contributed by atoms with Crippen LogP contribution in [0.2, 0.25) is 0 Å². The molecule has 88 valence electrons. The van der Waals surface area contributed by atoms with E-state index in [1.807, 2.05) is 36.5 Å². The highest BCUT2D eigenvalue weighted by Crippen LogP contribution is 2.01. The predicted molar refractivity (Wildman–Crippen MR) is 70.8 cm³/mol. The van der Waals surface area contributed by atoms with Crippen molar-refractivity contribution in [2.75, 3.05) is 13.6 Å². The molecule has 2 nitrogen and oxygen atoms in total. The van der Waals surface area contributed by atoms with Gasteiger partial charge in [0, 0.05) is 13.6 Å². The molecule has 0 spiro atoms. The van der Waals surface area contributed by atoms with Crippen LogP contribution in [0.25, 0.3) is 0 Å². The molecule has 0 bridgehead atoms. The zero-order valence-corrected chi connectivity index (χ0v) is 10.4. The molecular formula is C14H22N2.